The normalized spacial score (nSPS) is 18.1. The van der Waals surface area contributed by atoms with Gasteiger partial charge in [0.05, 0.1) is 120 Å². The van der Waals surface area contributed by atoms with Gasteiger partial charge in [-0.15, -0.1) is 0 Å². The third-order valence-corrected chi connectivity index (χ3v) is 13.3. The summed E-state index contributed by atoms with van der Waals surface area (Å²) >= 11 is 0. The van der Waals surface area contributed by atoms with E-state index in [2.05, 4.69) is 10.6 Å². The highest BCUT2D eigenvalue weighted by Crippen LogP contribution is 2.42. The molecule has 4 aromatic carbocycles. The molecule has 15 nitrogen and oxygen atoms in total. The fourth-order valence-corrected chi connectivity index (χ4v) is 9.83. The third-order valence-electron chi connectivity index (χ3n) is 13.3. The summed E-state index contributed by atoms with van der Waals surface area (Å²) in [6.45, 7) is 0.242. The van der Waals surface area contributed by atoms with Crippen LogP contribution in [0.1, 0.15) is 58.3 Å². The Kier molecular flexibility index (Phi) is 15.5. The molecule has 4 heterocycles. The zero-order valence-electron chi connectivity index (χ0n) is 38.2. The number of carbonyl (C=O) groups excluding carboxylic acids is 4. The first-order chi connectivity index (χ1) is 33.9. The Hall–Kier alpha value is -7.24. The van der Waals surface area contributed by atoms with Crippen LogP contribution in [-0.2, 0) is 21.9 Å². The van der Waals surface area contributed by atoms with Crippen LogP contribution in [0.15, 0.2) is 120 Å². The smallest absolute Gasteiger partial charge is 0.416 e. The quantitative estimate of drug-likeness (QED) is 0.0969. The molecular formula is C50H46BrF6N9O6. The largest absolute Gasteiger partial charge is 1.00 e. The molecule has 376 valence electrons. The van der Waals surface area contributed by atoms with Gasteiger partial charge in [-0.1, -0.05) is 36.4 Å². The average Bonchev–Trinajstić information content (AvgIpc) is 3.85. The molecule has 6 amide bonds. The van der Waals surface area contributed by atoms with Crippen LogP contribution in [0.2, 0.25) is 0 Å². The maximum absolute atomic E-state index is 14.4. The minimum Gasteiger partial charge on any atom is -1.00 e. The molecule has 0 saturated carbocycles. The Morgan fingerprint density at radius 1 is 0.583 bits per heavy atom. The molecule has 0 aromatic heterocycles. The second-order valence-electron chi connectivity index (χ2n) is 17.6. The van der Waals surface area contributed by atoms with Crippen LogP contribution >= 0.6 is 0 Å². The number of aliphatic hydroxyl groups is 2. The SMILES string of the molecule is N#Cc1ccc([C@H]2NC(=O)N(c3cccc(C(F)(F)F)c3)C3=C2C(=O)N(CCC[N+](CCO)(CCO)CCCN2CC4=C(C2=O)[C@@H](c2ccc(C#N)cc2)NC(=O)N4c2cccc(C(F)(F)F)c2)C3)cc1.[Br-]. The van der Waals surface area contributed by atoms with Crippen molar-refractivity contribution in [1.29, 1.82) is 10.5 Å². The van der Waals surface area contributed by atoms with E-state index in [1.54, 1.807) is 24.3 Å². The molecule has 4 aliphatic heterocycles. The Morgan fingerprint density at radius 3 is 1.29 bits per heavy atom. The first-order valence-electron chi connectivity index (χ1n) is 22.6. The summed E-state index contributed by atoms with van der Waals surface area (Å²) in [5.41, 5.74) is -0.00258. The maximum atomic E-state index is 14.4. The number of aliphatic hydroxyl groups excluding tert-OH is 2. The van der Waals surface area contributed by atoms with Gasteiger partial charge in [-0.25, -0.2) is 9.59 Å². The van der Waals surface area contributed by atoms with Crippen molar-refractivity contribution in [3.63, 3.8) is 0 Å². The fourth-order valence-electron chi connectivity index (χ4n) is 9.83. The number of rotatable bonds is 16. The highest BCUT2D eigenvalue weighted by molar-refractivity contribution is 6.08. The van der Waals surface area contributed by atoms with Gasteiger partial charge in [0.2, 0.25) is 0 Å². The summed E-state index contributed by atoms with van der Waals surface area (Å²) in [5.74, 6) is -0.964. The number of nitrogens with one attached hydrogen (secondary N) is 2. The Bertz CT molecular complexity index is 2700. The number of benzene rings is 4. The number of urea groups is 2. The molecule has 0 spiro atoms. The lowest BCUT2D eigenvalue weighted by Gasteiger charge is -2.39. The number of hydrogen-bond acceptors (Lipinski definition) is 8. The number of hydrogen-bond donors (Lipinski definition) is 4. The van der Waals surface area contributed by atoms with Crippen molar-refractivity contribution >= 4 is 35.3 Å². The van der Waals surface area contributed by atoms with Gasteiger partial charge in [-0.2, -0.15) is 36.9 Å². The number of amides is 6. The molecule has 8 rings (SSSR count). The maximum Gasteiger partial charge on any atom is 0.416 e. The van der Waals surface area contributed by atoms with Gasteiger partial charge in [0.15, 0.2) is 0 Å². The lowest BCUT2D eigenvalue weighted by molar-refractivity contribution is -0.929. The summed E-state index contributed by atoms with van der Waals surface area (Å²) in [4.78, 5) is 61.5. The van der Waals surface area contributed by atoms with Gasteiger partial charge in [-0.3, -0.25) is 19.4 Å². The second-order valence-corrected chi connectivity index (χ2v) is 17.6. The van der Waals surface area contributed by atoms with Crippen LogP contribution in [0.25, 0.3) is 0 Å². The zero-order chi connectivity index (χ0) is 50.8. The fraction of sp³-hybridized carbons (Fsp3) is 0.320. The van der Waals surface area contributed by atoms with E-state index >= 15 is 0 Å². The van der Waals surface area contributed by atoms with Gasteiger partial charge in [0.25, 0.3) is 11.8 Å². The third kappa shape index (κ3) is 10.5. The highest BCUT2D eigenvalue weighted by Gasteiger charge is 2.47. The standard InChI is InChI=1S/C50H45F6N9O6.BrH/c51-49(52,53)35-5-1-7-37(25-35)63-39-29-61(45(68)41(39)43(59-47(63)70)33-13-9-31(27-57)10-14-33)17-3-19-65(21-23-66,22-24-67)20-4-18-62-30-40-42(46(62)69)44(34-15-11-32(28-58)12-16-34)60-48(71)64(40)38-8-2-6-36(26-38)50(54,55)56;/h1-2,5-16,25-26,43-44,66-67H,3-4,17-24,29-30H2,(H-,59,60,70,71);1H/t43-,44-;/m1./s1. The Labute approximate surface area is 419 Å². The molecule has 0 radical (unpaired) electrons. The average molecular weight is 1060 g/mol. The van der Waals surface area contributed by atoms with Gasteiger partial charge in [0.1, 0.15) is 13.1 Å². The van der Waals surface area contributed by atoms with Crippen molar-refractivity contribution in [2.24, 2.45) is 0 Å². The van der Waals surface area contributed by atoms with Gasteiger partial charge < -0.3 is 52.1 Å². The summed E-state index contributed by atoms with van der Waals surface area (Å²) < 4.78 is 83.2. The van der Waals surface area contributed by atoms with Crippen LogP contribution in [0.5, 0.6) is 0 Å². The zero-order valence-corrected chi connectivity index (χ0v) is 39.8. The monoisotopic (exact) mass is 1060 g/mol. The topological polar surface area (TPSA) is 193 Å². The number of quaternary nitrogens is 1. The number of anilines is 2. The van der Waals surface area contributed by atoms with Crippen LogP contribution in [-0.4, -0.2) is 114 Å². The van der Waals surface area contributed by atoms with Crippen LogP contribution < -0.4 is 37.4 Å². The van der Waals surface area contributed by atoms with Gasteiger partial charge >= 0.3 is 24.4 Å². The molecule has 0 saturated heterocycles. The van der Waals surface area contributed by atoms with E-state index in [4.69, 9.17) is 0 Å². The molecule has 72 heavy (non-hydrogen) atoms. The predicted molar refractivity (Wildman–Crippen MR) is 243 cm³/mol. The van der Waals surface area contributed by atoms with Crippen LogP contribution in [0, 0.1) is 22.7 Å². The summed E-state index contributed by atoms with van der Waals surface area (Å²) in [6.07, 6.45) is -8.85. The van der Waals surface area contributed by atoms with Crippen molar-refractivity contribution in [1.82, 2.24) is 20.4 Å². The number of carbonyl (C=O) groups is 4. The summed E-state index contributed by atoms with van der Waals surface area (Å²) in [7, 11) is 0. The van der Waals surface area contributed by atoms with E-state index in [9.17, 15) is 66.3 Å². The van der Waals surface area contributed by atoms with Gasteiger partial charge in [-0.05, 0) is 71.8 Å². The molecule has 0 bridgehead atoms. The molecule has 0 unspecified atom stereocenters. The van der Waals surface area contributed by atoms with E-state index in [0.29, 0.717) is 48.2 Å². The minimum absolute atomic E-state index is 0. The van der Waals surface area contributed by atoms with E-state index in [1.807, 2.05) is 12.1 Å². The first-order valence-corrected chi connectivity index (χ1v) is 22.6. The molecule has 22 heteroatoms. The Morgan fingerprint density at radius 2 is 0.958 bits per heavy atom. The van der Waals surface area contributed by atoms with Gasteiger partial charge in [0, 0.05) is 25.9 Å². The molecule has 4 N–H and O–H groups in total. The summed E-state index contributed by atoms with van der Waals surface area (Å²) in [5, 5.41) is 44.9. The first kappa shape index (κ1) is 52.6. The van der Waals surface area contributed by atoms with E-state index < -0.39 is 59.4 Å². The van der Waals surface area contributed by atoms with Crippen molar-refractivity contribution < 1.29 is 77.2 Å². The lowest BCUT2D eigenvalue weighted by Crippen LogP contribution is -3.00. The van der Waals surface area contributed by atoms with Crippen molar-refractivity contribution in [2.45, 2.75) is 37.3 Å². The van der Waals surface area contributed by atoms with E-state index in [-0.39, 0.29) is 108 Å². The molecule has 4 aliphatic rings. The van der Waals surface area contributed by atoms with Crippen molar-refractivity contribution in [3.8, 4) is 12.1 Å². The van der Waals surface area contributed by atoms with E-state index in [0.717, 1.165) is 34.1 Å². The summed E-state index contributed by atoms with van der Waals surface area (Å²) in [6, 6.07) is 21.3. The van der Waals surface area contributed by atoms with Crippen LogP contribution in [0.4, 0.5) is 47.3 Å². The minimum atomic E-state index is -4.72. The highest BCUT2D eigenvalue weighted by atomic mass is 79.9. The molecule has 2 atom stereocenters. The number of halogens is 7. The second kappa shape index (κ2) is 21.2. The predicted octanol–water partition coefficient (Wildman–Crippen LogP) is 3.49. The lowest BCUT2D eigenvalue weighted by atomic mass is 9.94. The molecule has 0 aliphatic carbocycles. The van der Waals surface area contributed by atoms with Crippen LogP contribution in [0.3, 0.4) is 0 Å². The number of alkyl halides is 6. The molecule has 0 fully saturated rings. The number of nitrogens with zero attached hydrogens (tertiary/aromatic N) is 7. The van der Waals surface area contributed by atoms with Crippen molar-refractivity contribution in [2.75, 3.05) is 75.4 Å². The Balaban J connectivity index is 0.00000760. The molecular weight excluding hydrogens is 1020 g/mol. The van der Waals surface area contributed by atoms with Crippen molar-refractivity contribution in [3.05, 3.63) is 153 Å². The molecule has 4 aromatic rings. The van der Waals surface area contributed by atoms with E-state index in [1.165, 1.54) is 58.3 Å². The number of nitriles is 2.